The Bertz CT molecular complexity index is 1020. The highest BCUT2D eigenvalue weighted by Gasteiger charge is 2.43. The minimum atomic E-state index is -2.24. The zero-order valence-corrected chi connectivity index (χ0v) is 19.0. The molecule has 0 radical (unpaired) electrons. The second kappa shape index (κ2) is 8.74. The highest BCUT2D eigenvalue weighted by molar-refractivity contribution is 8.24. The maximum absolute atomic E-state index is 6.51. The molecule has 0 saturated carbocycles. The van der Waals surface area contributed by atoms with Crippen LogP contribution in [0, 0.1) is 0 Å². The fourth-order valence-corrected chi connectivity index (χ4v) is 13.2. The first-order valence-electron chi connectivity index (χ1n) is 9.61. The third-order valence-corrected chi connectivity index (χ3v) is 14.6. The van der Waals surface area contributed by atoms with Gasteiger partial charge in [0.1, 0.15) is 24.2 Å². The van der Waals surface area contributed by atoms with Crippen LogP contribution < -0.4 is 26.1 Å². The van der Waals surface area contributed by atoms with Crippen molar-refractivity contribution in [3.05, 3.63) is 121 Å². The van der Waals surface area contributed by atoms with Crippen LogP contribution in [0.2, 0.25) is 0 Å². The smallest absolute Gasteiger partial charge is 0.146 e. The van der Waals surface area contributed by atoms with Gasteiger partial charge in [0.05, 0.1) is 6.66 Å². The molecule has 0 spiro atoms. The molecule has 0 unspecified atom stereocenters. The topological polar surface area (TPSA) is 12.0 Å². The summed E-state index contributed by atoms with van der Waals surface area (Å²) < 4.78 is 0. The van der Waals surface area contributed by atoms with E-state index < -0.39 is 13.6 Å². The number of nitrogens with one attached hydrogen (secondary N) is 1. The summed E-state index contributed by atoms with van der Waals surface area (Å²) in [6, 6.07) is 42.6. The predicted molar refractivity (Wildman–Crippen MR) is 135 cm³/mol. The van der Waals surface area contributed by atoms with E-state index in [9.17, 15) is 0 Å². The molecule has 0 aromatic heterocycles. The quantitative estimate of drug-likeness (QED) is 0.438. The second-order valence-electron chi connectivity index (χ2n) is 7.06. The van der Waals surface area contributed by atoms with Gasteiger partial charge in [-0.3, -0.25) is 0 Å². The van der Waals surface area contributed by atoms with Crippen molar-refractivity contribution in [3.63, 3.8) is 0 Å². The van der Waals surface area contributed by atoms with Gasteiger partial charge in [-0.05, 0) is 24.3 Å². The Labute approximate surface area is 179 Å². The normalized spacial score (nSPS) is 11.9. The minimum absolute atomic E-state index is 1.19. The van der Waals surface area contributed by atoms with Gasteiger partial charge >= 0.3 is 0 Å². The molecule has 1 nitrogen and oxygen atoms in total. The first kappa shape index (κ1) is 20.2. The Kier molecular flexibility index (Phi) is 6.09. The van der Waals surface area contributed by atoms with E-state index in [2.05, 4.69) is 133 Å². The van der Waals surface area contributed by atoms with E-state index in [4.69, 9.17) is 11.8 Å². The number of hydrogen-bond donors (Lipinski definition) is 1. The molecule has 29 heavy (non-hydrogen) atoms. The highest BCUT2D eigenvalue weighted by atomic mass is 32.4. The van der Waals surface area contributed by atoms with Crippen molar-refractivity contribution >= 4 is 46.6 Å². The molecule has 0 aliphatic carbocycles. The van der Waals surface area contributed by atoms with Gasteiger partial charge in [0.15, 0.2) is 0 Å². The van der Waals surface area contributed by atoms with Crippen molar-refractivity contribution in [3.8, 4) is 0 Å². The average molecular weight is 432 g/mol. The lowest BCUT2D eigenvalue weighted by Crippen LogP contribution is -2.36. The van der Waals surface area contributed by atoms with Gasteiger partial charge in [0, 0.05) is 10.6 Å². The van der Waals surface area contributed by atoms with E-state index in [1.165, 1.54) is 21.2 Å². The van der Waals surface area contributed by atoms with Gasteiger partial charge in [0.25, 0.3) is 0 Å². The van der Waals surface area contributed by atoms with Crippen LogP contribution in [-0.2, 0) is 11.8 Å². The predicted octanol–water partition coefficient (Wildman–Crippen LogP) is 4.83. The summed E-state index contributed by atoms with van der Waals surface area (Å²) in [4.78, 5) is 4.11. The van der Waals surface area contributed by atoms with E-state index in [0.29, 0.717) is 0 Å². The molecule has 0 amide bonds. The lowest BCUT2D eigenvalue weighted by Gasteiger charge is -2.32. The van der Waals surface area contributed by atoms with Crippen molar-refractivity contribution in [1.82, 2.24) is 4.86 Å². The molecule has 0 bridgehead atoms. The van der Waals surface area contributed by atoms with Gasteiger partial charge in [-0.1, -0.05) is 109 Å². The number of rotatable bonds is 6. The zero-order chi connectivity index (χ0) is 20.2. The number of hydrogen-bond acceptors (Lipinski definition) is 1. The molecule has 0 aliphatic rings. The van der Waals surface area contributed by atoms with Gasteiger partial charge in [0.2, 0.25) is 0 Å². The minimum Gasteiger partial charge on any atom is -0.146 e. The molecule has 4 rings (SSSR count). The Hall–Kier alpha value is -2.08. The summed E-state index contributed by atoms with van der Waals surface area (Å²) >= 11 is 6.51. The van der Waals surface area contributed by atoms with Crippen LogP contribution in [0.5, 0.6) is 0 Å². The maximum Gasteiger partial charge on any atom is 0.147 e. The zero-order valence-electron chi connectivity index (χ0n) is 16.3. The van der Waals surface area contributed by atoms with Crippen molar-refractivity contribution in [2.24, 2.45) is 0 Å². The lowest BCUT2D eigenvalue weighted by molar-refractivity contribution is 1.57. The van der Waals surface area contributed by atoms with Gasteiger partial charge in [-0.15, -0.1) is 4.86 Å². The maximum atomic E-state index is 6.51. The molecular formula is C25H24NP2S+. The van der Waals surface area contributed by atoms with Crippen LogP contribution in [0.15, 0.2) is 121 Å². The summed E-state index contributed by atoms with van der Waals surface area (Å²) in [5, 5.41) is 5.01. The Morgan fingerprint density at radius 3 is 1.21 bits per heavy atom. The van der Waals surface area contributed by atoms with Crippen molar-refractivity contribution in [2.75, 3.05) is 6.66 Å². The average Bonchev–Trinajstić information content (AvgIpc) is 2.81. The SMILES string of the molecule is C[P+](NP(=S)(c1ccccc1)c1ccccc1)(c1ccccc1)c1ccccc1. The fraction of sp³-hybridized carbons (Fsp3) is 0.0400. The van der Waals surface area contributed by atoms with E-state index in [0.717, 1.165) is 0 Å². The summed E-state index contributed by atoms with van der Waals surface area (Å²) in [5.74, 6) is 0. The van der Waals surface area contributed by atoms with Crippen molar-refractivity contribution < 1.29 is 0 Å². The van der Waals surface area contributed by atoms with Crippen LogP contribution >= 0.6 is 13.6 Å². The van der Waals surface area contributed by atoms with E-state index >= 15 is 0 Å². The molecule has 0 saturated heterocycles. The molecular weight excluding hydrogens is 408 g/mol. The van der Waals surface area contributed by atoms with E-state index in [1.807, 2.05) is 0 Å². The molecule has 4 aromatic carbocycles. The van der Waals surface area contributed by atoms with Crippen LogP contribution in [0.1, 0.15) is 0 Å². The Morgan fingerprint density at radius 1 is 0.552 bits per heavy atom. The summed E-state index contributed by atoms with van der Waals surface area (Å²) in [7, 11) is -1.93. The van der Waals surface area contributed by atoms with E-state index in [1.54, 1.807) is 0 Å². The third kappa shape index (κ3) is 4.13. The van der Waals surface area contributed by atoms with Crippen LogP contribution in [0.25, 0.3) is 0 Å². The van der Waals surface area contributed by atoms with Gasteiger partial charge in [-0.25, -0.2) is 0 Å². The monoisotopic (exact) mass is 432 g/mol. The highest BCUT2D eigenvalue weighted by Crippen LogP contribution is 2.58. The molecule has 4 heteroatoms. The summed E-state index contributed by atoms with van der Waals surface area (Å²) in [6.45, 7) is 2.35. The largest absolute Gasteiger partial charge is 0.147 e. The van der Waals surface area contributed by atoms with Gasteiger partial charge in [-0.2, -0.15) is 0 Å². The first-order chi connectivity index (χ1) is 14.1. The Morgan fingerprint density at radius 2 is 0.862 bits per heavy atom. The molecule has 4 aromatic rings. The molecule has 0 heterocycles. The molecule has 0 fully saturated rings. The third-order valence-electron chi connectivity index (χ3n) is 5.13. The molecule has 0 atom stereocenters. The van der Waals surface area contributed by atoms with Crippen molar-refractivity contribution in [1.29, 1.82) is 0 Å². The Balaban J connectivity index is 1.92. The van der Waals surface area contributed by atoms with Gasteiger partial charge < -0.3 is 0 Å². The summed E-state index contributed by atoms with van der Waals surface area (Å²) in [5.41, 5.74) is 0. The fourth-order valence-electron chi connectivity index (χ4n) is 3.54. The van der Waals surface area contributed by atoms with Crippen LogP contribution in [0.4, 0.5) is 0 Å². The molecule has 0 aliphatic heterocycles. The molecule has 1 N–H and O–H groups in total. The van der Waals surface area contributed by atoms with E-state index in [-0.39, 0.29) is 0 Å². The van der Waals surface area contributed by atoms with Crippen molar-refractivity contribution in [2.45, 2.75) is 0 Å². The summed E-state index contributed by atoms with van der Waals surface area (Å²) in [6.07, 6.45) is -2.24. The first-order valence-corrected chi connectivity index (χ1v) is 14.7. The lowest BCUT2D eigenvalue weighted by atomic mass is 10.4. The van der Waals surface area contributed by atoms with Crippen LogP contribution in [-0.4, -0.2) is 6.66 Å². The number of benzene rings is 4. The standard InChI is InChI=1S/C25H24NP2S/c1-27(22-14-6-2-7-15-22,23-16-8-3-9-17-23)26-28(29,24-18-10-4-11-19-24)25-20-12-5-13-21-25/h2-21H,1H3,(H,26,29)/q+1. The second-order valence-corrected chi connectivity index (χ2v) is 14.8. The molecule has 144 valence electrons. The van der Waals surface area contributed by atoms with Crippen LogP contribution in [0.3, 0.4) is 0 Å².